The molecule has 1 aromatic heterocycles. The number of unbranched alkanes of at least 4 members (excludes halogenated alkanes) is 1. The van der Waals surface area contributed by atoms with E-state index in [4.69, 9.17) is 18.9 Å². The van der Waals surface area contributed by atoms with Gasteiger partial charge in [-0.25, -0.2) is 4.57 Å². The fourth-order valence-corrected chi connectivity index (χ4v) is 10.0. The van der Waals surface area contributed by atoms with E-state index in [0.29, 0.717) is 102 Å². The molecular formula is C42H55N4O7S2+. The average Bonchev–Trinajstić information content (AvgIpc) is 3.86. The minimum absolute atomic E-state index is 0.0668. The predicted molar refractivity (Wildman–Crippen MR) is 218 cm³/mol. The number of hydrogen-bond donors (Lipinski definition) is 2. The van der Waals surface area contributed by atoms with E-state index in [1.807, 2.05) is 37.0 Å². The number of nitrogens with one attached hydrogen (secondary N) is 2. The third-order valence-corrected chi connectivity index (χ3v) is 12.8. The van der Waals surface area contributed by atoms with Crippen molar-refractivity contribution in [3.05, 3.63) is 71.4 Å². The molecule has 296 valence electrons. The van der Waals surface area contributed by atoms with Crippen LogP contribution in [0.1, 0.15) is 50.5 Å². The molecule has 3 aliphatic heterocycles. The average molecular weight is 792 g/mol. The molecule has 4 heterocycles. The number of nitrogens with zero attached hydrogens (tertiary/aromatic N) is 2. The van der Waals surface area contributed by atoms with E-state index >= 15 is 0 Å². The molecule has 2 amide bonds. The highest BCUT2D eigenvalue weighted by Gasteiger charge is 2.42. The van der Waals surface area contributed by atoms with Gasteiger partial charge in [0.15, 0.2) is 6.20 Å². The van der Waals surface area contributed by atoms with Crippen LogP contribution >= 0.6 is 23.5 Å². The highest BCUT2D eigenvalue weighted by Crippen LogP contribution is 2.46. The summed E-state index contributed by atoms with van der Waals surface area (Å²) in [5.41, 5.74) is 3.29. The topological polar surface area (TPSA) is 119 Å². The van der Waals surface area contributed by atoms with Crippen LogP contribution in [-0.4, -0.2) is 101 Å². The monoisotopic (exact) mass is 791 g/mol. The SMILES string of the molecule is C[n+]1ccc(C=C2Sc3ccccc3N2CC(=O)NCCOCCOCCOCCOCCCC(=O)CCCCC2SCC3CC(=O)NC32)c2ccccc21. The molecule has 0 aliphatic carbocycles. The lowest BCUT2D eigenvalue weighted by atomic mass is 9.97. The van der Waals surface area contributed by atoms with E-state index < -0.39 is 0 Å². The molecule has 2 aromatic carbocycles. The summed E-state index contributed by atoms with van der Waals surface area (Å²) in [7, 11) is 2.05. The summed E-state index contributed by atoms with van der Waals surface area (Å²) >= 11 is 3.66. The highest BCUT2D eigenvalue weighted by molar-refractivity contribution is 8.04. The van der Waals surface area contributed by atoms with Crippen molar-refractivity contribution in [3.8, 4) is 0 Å². The number of aromatic nitrogens is 1. The number of amides is 2. The maximum atomic E-state index is 13.0. The van der Waals surface area contributed by atoms with Crippen LogP contribution in [0.4, 0.5) is 5.69 Å². The molecule has 3 aliphatic rings. The summed E-state index contributed by atoms with van der Waals surface area (Å²) in [6, 6.07) is 19.0. The Bertz CT molecular complexity index is 1770. The fraction of sp³-hybridized carbons (Fsp3) is 0.524. The van der Waals surface area contributed by atoms with Crippen molar-refractivity contribution in [3.63, 3.8) is 0 Å². The molecule has 2 N–H and O–H groups in total. The minimum Gasteiger partial charge on any atom is -0.379 e. The van der Waals surface area contributed by atoms with Gasteiger partial charge in [-0.1, -0.05) is 42.4 Å². The van der Waals surface area contributed by atoms with Crippen LogP contribution in [0.3, 0.4) is 0 Å². The Morgan fingerprint density at radius 1 is 0.891 bits per heavy atom. The van der Waals surface area contributed by atoms with Gasteiger partial charge in [0.25, 0.3) is 0 Å². The van der Waals surface area contributed by atoms with Crippen molar-refractivity contribution >= 4 is 63.8 Å². The number of pyridine rings is 1. The summed E-state index contributed by atoms with van der Waals surface area (Å²) in [6.45, 7) is 4.38. The number of ketones is 1. The van der Waals surface area contributed by atoms with Crippen LogP contribution in [-0.2, 0) is 40.4 Å². The summed E-state index contributed by atoms with van der Waals surface area (Å²) < 4.78 is 24.5. The van der Waals surface area contributed by atoms with Gasteiger partial charge in [-0.2, -0.15) is 11.8 Å². The molecular weight excluding hydrogens is 737 g/mol. The van der Waals surface area contributed by atoms with Crippen LogP contribution in [0.2, 0.25) is 0 Å². The van der Waals surface area contributed by atoms with E-state index in [-0.39, 0.29) is 18.4 Å². The number of fused-ring (bicyclic) bond motifs is 3. The zero-order valence-corrected chi connectivity index (χ0v) is 33.5. The molecule has 55 heavy (non-hydrogen) atoms. The lowest BCUT2D eigenvalue weighted by Crippen LogP contribution is -2.37. The maximum absolute atomic E-state index is 13.0. The molecule has 3 atom stereocenters. The van der Waals surface area contributed by atoms with Crippen molar-refractivity contribution in [1.29, 1.82) is 0 Å². The lowest BCUT2D eigenvalue weighted by molar-refractivity contribution is -0.644. The van der Waals surface area contributed by atoms with E-state index in [2.05, 4.69) is 68.8 Å². The van der Waals surface area contributed by atoms with Crippen molar-refractivity contribution in [2.45, 2.75) is 61.1 Å². The molecule has 0 bridgehead atoms. The van der Waals surface area contributed by atoms with Gasteiger partial charge < -0.3 is 34.5 Å². The Morgan fingerprint density at radius 3 is 2.42 bits per heavy atom. The summed E-state index contributed by atoms with van der Waals surface area (Å²) in [5.74, 6) is 2.01. The summed E-state index contributed by atoms with van der Waals surface area (Å²) in [5, 5.41) is 8.81. The van der Waals surface area contributed by atoms with E-state index in [1.165, 1.54) is 0 Å². The van der Waals surface area contributed by atoms with Crippen molar-refractivity contribution in [2.75, 3.05) is 76.6 Å². The number of anilines is 1. The molecule has 3 aromatic rings. The normalized spacial score (nSPS) is 19.6. The first-order valence-corrected chi connectivity index (χ1v) is 21.5. The van der Waals surface area contributed by atoms with E-state index in [9.17, 15) is 14.4 Å². The number of ether oxygens (including phenoxy) is 4. The molecule has 6 rings (SSSR count). The van der Waals surface area contributed by atoms with Crippen LogP contribution in [0, 0.1) is 5.92 Å². The second-order valence-electron chi connectivity index (χ2n) is 14.2. The quantitative estimate of drug-likeness (QED) is 0.0916. The molecule has 2 saturated heterocycles. The number of aryl methyl sites for hydroxylation is 1. The van der Waals surface area contributed by atoms with Gasteiger partial charge in [0.1, 0.15) is 19.4 Å². The molecule has 0 radical (unpaired) electrons. The first kappa shape index (κ1) is 41.2. The first-order valence-electron chi connectivity index (χ1n) is 19.6. The maximum Gasteiger partial charge on any atom is 0.240 e. The fourth-order valence-electron chi connectivity index (χ4n) is 7.26. The van der Waals surface area contributed by atoms with Gasteiger partial charge in [-0.15, -0.1) is 0 Å². The number of benzene rings is 2. The largest absolute Gasteiger partial charge is 0.379 e. The van der Waals surface area contributed by atoms with E-state index in [0.717, 1.165) is 63.5 Å². The zero-order valence-electron chi connectivity index (χ0n) is 31.9. The van der Waals surface area contributed by atoms with Gasteiger partial charge in [-0.05, 0) is 60.8 Å². The second-order valence-corrected chi connectivity index (χ2v) is 16.5. The summed E-state index contributed by atoms with van der Waals surface area (Å²) in [4.78, 5) is 40.1. The smallest absolute Gasteiger partial charge is 0.240 e. The predicted octanol–water partition coefficient (Wildman–Crippen LogP) is 5.29. The Hall–Kier alpha value is -3.46. The van der Waals surface area contributed by atoms with Gasteiger partial charge >= 0.3 is 0 Å². The van der Waals surface area contributed by atoms with Gasteiger partial charge in [0.05, 0.1) is 62.4 Å². The van der Waals surface area contributed by atoms with E-state index in [1.54, 1.807) is 11.8 Å². The van der Waals surface area contributed by atoms with Crippen molar-refractivity contribution < 1.29 is 37.9 Å². The number of carbonyl (C=O) groups excluding carboxylic acids is 3. The molecule has 0 spiro atoms. The Kier molecular flexibility index (Phi) is 16.3. The standard InChI is InChI=1S/C42H54N4O7S2/c1-45-18-16-31(34-11-3-4-12-35(34)45)28-41-46(36-13-5-7-14-37(36)55-41)29-40(49)43-17-20-51-22-24-53-26-25-52-23-21-50-19-8-10-33(47)9-2-6-15-38-42-32(30-54-38)27-39(48)44-42/h3-5,7,11-14,16,18,28,32,38,42H,2,6,8-10,15,17,19-27,29-30H2,1H3,(H-,43,44,48,49)/p+1. The van der Waals surface area contributed by atoms with Crippen LogP contribution in [0.15, 0.2) is 70.7 Å². The highest BCUT2D eigenvalue weighted by atomic mass is 32.2. The molecule has 0 saturated carbocycles. The number of hydrogen-bond acceptors (Lipinski definition) is 10. The van der Waals surface area contributed by atoms with Crippen LogP contribution in [0.5, 0.6) is 0 Å². The first-order chi connectivity index (χ1) is 27.0. The summed E-state index contributed by atoms with van der Waals surface area (Å²) in [6.07, 6.45) is 9.87. The number of carbonyl (C=O) groups is 3. The Labute approximate surface area is 333 Å². The molecule has 13 heteroatoms. The molecule has 3 unspecified atom stereocenters. The van der Waals surface area contributed by atoms with Gasteiger partial charge in [0.2, 0.25) is 17.3 Å². The van der Waals surface area contributed by atoms with Crippen LogP contribution in [0.25, 0.3) is 17.0 Å². The number of thioether (sulfide) groups is 2. The number of para-hydroxylation sites is 2. The van der Waals surface area contributed by atoms with Crippen molar-refractivity contribution in [2.24, 2.45) is 13.0 Å². The van der Waals surface area contributed by atoms with Gasteiger partial charge in [0, 0.05) is 60.7 Å². The van der Waals surface area contributed by atoms with Crippen LogP contribution < -0.4 is 20.1 Å². The number of Topliss-reactive ketones (excluding diaryl/α,β-unsaturated/α-hetero) is 1. The van der Waals surface area contributed by atoms with Gasteiger partial charge in [-0.3, -0.25) is 14.4 Å². The van der Waals surface area contributed by atoms with Crippen molar-refractivity contribution in [1.82, 2.24) is 10.6 Å². The third kappa shape index (κ3) is 12.3. The lowest BCUT2D eigenvalue weighted by Gasteiger charge is -2.20. The Balaban J connectivity index is 0.742. The third-order valence-electron chi connectivity index (χ3n) is 10.1. The molecule has 2 fully saturated rings. The zero-order chi connectivity index (χ0) is 38.2. The molecule has 11 nitrogen and oxygen atoms in total. The second kappa shape index (κ2) is 21.7. The number of rotatable bonds is 24. The Morgan fingerprint density at radius 2 is 1.60 bits per heavy atom. The minimum atomic E-state index is -0.0668.